The van der Waals surface area contributed by atoms with E-state index < -0.39 is 11.6 Å². The summed E-state index contributed by atoms with van der Waals surface area (Å²) in [7, 11) is 0. The minimum atomic E-state index is -0.426. The van der Waals surface area contributed by atoms with Gasteiger partial charge in [-0.25, -0.2) is 8.78 Å². The van der Waals surface area contributed by atoms with Crippen LogP contribution in [0.4, 0.5) is 14.5 Å². The molecular weight excluding hydrogens is 491 g/mol. The van der Waals surface area contributed by atoms with E-state index in [2.05, 4.69) is 10.2 Å². The fourth-order valence-electron chi connectivity index (χ4n) is 3.70. The Balaban J connectivity index is 0.00000300. The van der Waals surface area contributed by atoms with Gasteiger partial charge in [0, 0.05) is 64.8 Å². The normalized spacial score (nSPS) is 17.6. The molecule has 0 saturated carbocycles. The zero-order chi connectivity index (χ0) is 19.9. The molecule has 2 heterocycles. The predicted molar refractivity (Wildman–Crippen MR) is 122 cm³/mol. The predicted octanol–water partition coefficient (Wildman–Crippen LogP) is 2.68. The van der Waals surface area contributed by atoms with E-state index in [4.69, 9.17) is 4.99 Å². The fraction of sp³-hybridized carbons (Fsp3) is 0.600. The Kier molecular flexibility index (Phi) is 9.38. The van der Waals surface area contributed by atoms with Gasteiger partial charge in [0.2, 0.25) is 5.91 Å². The van der Waals surface area contributed by atoms with Crippen molar-refractivity contribution < 1.29 is 13.6 Å². The summed E-state index contributed by atoms with van der Waals surface area (Å²) in [6.07, 6.45) is 2.47. The van der Waals surface area contributed by atoms with Crippen LogP contribution >= 0.6 is 24.0 Å². The highest BCUT2D eigenvalue weighted by atomic mass is 127. The van der Waals surface area contributed by atoms with E-state index in [9.17, 15) is 13.6 Å². The second-order valence-corrected chi connectivity index (χ2v) is 7.14. The van der Waals surface area contributed by atoms with Crippen molar-refractivity contribution in [2.45, 2.75) is 26.2 Å². The lowest BCUT2D eigenvalue weighted by Crippen LogP contribution is -2.52. The van der Waals surface area contributed by atoms with Crippen LogP contribution in [-0.4, -0.2) is 74.0 Å². The van der Waals surface area contributed by atoms with Crippen LogP contribution in [0, 0.1) is 11.6 Å². The van der Waals surface area contributed by atoms with Crippen LogP contribution in [0.3, 0.4) is 0 Å². The highest BCUT2D eigenvalue weighted by molar-refractivity contribution is 14.0. The lowest BCUT2D eigenvalue weighted by Gasteiger charge is -2.37. The van der Waals surface area contributed by atoms with E-state index in [0.717, 1.165) is 44.5 Å². The van der Waals surface area contributed by atoms with Gasteiger partial charge in [0.25, 0.3) is 0 Å². The summed E-state index contributed by atoms with van der Waals surface area (Å²) in [6, 6.07) is 3.57. The number of carbonyl (C=O) groups is 1. The highest BCUT2D eigenvalue weighted by Gasteiger charge is 2.22. The number of nitrogens with zero attached hydrogens (tertiary/aromatic N) is 4. The van der Waals surface area contributed by atoms with E-state index in [1.807, 2.05) is 16.7 Å². The molecule has 9 heteroatoms. The van der Waals surface area contributed by atoms with Crippen LogP contribution < -0.4 is 10.2 Å². The maximum atomic E-state index is 14.0. The third-order valence-corrected chi connectivity index (χ3v) is 5.18. The Morgan fingerprint density at radius 2 is 1.93 bits per heavy atom. The molecule has 2 saturated heterocycles. The second kappa shape index (κ2) is 11.5. The third kappa shape index (κ3) is 6.42. The van der Waals surface area contributed by atoms with E-state index in [1.165, 1.54) is 12.1 Å². The number of piperazine rings is 1. The van der Waals surface area contributed by atoms with Crippen LogP contribution in [0.2, 0.25) is 0 Å². The molecule has 0 radical (unpaired) electrons. The number of amides is 1. The van der Waals surface area contributed by atoms with Gasteiger partial charge in [-0.1, -0.05) is 0 Å². The van der Waals surface area contributed by atoms with Crippen molar-refractivity contribution in [1.29, 1.82) is 0 Å². The van der Waals surface area contributed by atoms with Crippen LogP contribution in [-0.2, 0) is 4.79 Å². The summed E-state index contributed by atoms with van der Waals surface area (Å²) >= 11 is 0. The molecule has 1 aromatic rings. The molecule has 3 rings (SSSR count). The molecule has 162 valence electrons. The van der Waals surface area contributed by atoms with Gasteiger partial charge in [0.15, 0.2) is 5.96 Å². The monoisotopic (exact) mass is 521 g/mol. The molecule has 1 amide bonds. The number of guanidine groups is 1. The SMILES string of the molecule is CCNC(=NCCCN1CCCC1=O)N1CCN(c2cc(F)ccc2F)CC1.I. The van der Waals surface area contributed by atoms with E-state index in [-0.39, 0.29) is 29.9 Å². The molecule has 0 aliphatic carbocycles. The molecule has 6 nitrogen and oxygen atoms in total. The molecule has 2 fully saturated rings. The van der Waals surface area contributed by atoms with Gasteiger partial charge in [0.1, 0.15) is 11.6 Å². The first kappa shape index (κ1) is 23.6. The lowest BCUT2D eigenvalue weighted by atomic mass is 10.2. The Labute approximate surface area is 188 Å². The number of hydrogen-bond donors (Lipinski definition) is 1. The van der Waals surface area contributed by atoms with E-state index >= 15 is 0 Å². The van der Waals surface area contributed by atoms with E-state index in [0.29, 0.717) is 44.8 Å². The maximum Gasteiger partial charge on any atom is 0.222 e. The Morgan fingerprint density at radius 1 is 1.17 bits per heavy atom. The van der Waals surface area contributed by atoms with Gasteiger partial charge in [-0.15, -0.1) is 24.0 Å². The zero-order valence-corrected chi connectivity index (χ0v) is 19.2. The molecular formula is C20H30F2IN5O. The van der Waals surface area contributed by atoms with Gasteiger partial charge < -0.3 is 20.0 Å². The van der Waals surface area contributed by atoms with Crippen molar-refractivity contribution in [3.8, 4) is 0 Å². The maximum absolute atomic E-state index is 14.0. The number of hydrogen-bond acceptors (Lipinski definition) is 3. The summed E-state index contributed by atoms with van der Waals surface area (Å²) < 4.78 is 27.5. The topological polar surface area (TPSA) is 51.2 Å². The van der Waals surface area contributed by atoms with Crippen molar-refractivity contribution in [2.24, 2.45) is 4.99 Å². The lowest BCUT2D eigenvalue weighted by molar-refractivity contribution is -0.127. The van der Waals surface area contributed by atoms with Crippen molar-refractivity contribution >= 4 is 41.5 Å². The minimum Gasteiger partial charge on any atom is -0.366 e. The Hall–Kier alpha value is -1.65. The zero-order valence-electron chi connectivity index (χ0n) is 16.9. The molecule has 29 heavy (non-hydrogen) atoms. The molecule has 0 spiro atoms. The number of halogens is 3. The summed E-state index contributed by atoms with van der Waals surface area (Å²) in [5.74, 6) is 0.267. The molecule has 0 aromatic heterocycles. The Morgan fingerprint density at radius 3 is 2.59 bits per heavy atom. The standard InChI is InChI=1S/C20H29F2N5O.HI/c1-2-23-20(24-8-4-10-26-9-3-5-19(26)28)27-13-11-25(12-14-27)18-15-16(21)6-7-17(18)22;/h6-7,15H,2-5,8-14H2,1H3,(H,23,24);1H. The highest BCUT2D eigenvalue weighted by Crippen LogP contribution is 2.22. The van der Waals surface area contributed by atoms with Crippen LogP contribution in [0.25, 0.3) is 0 Å². The number of carbonyl (C=O) groups excluding carboxylic acids is 1. The van der Waals surface area contributed by atoms with E-state index in [1.54, 1.807) is 0 Å². The molecule has 1 N–H and O–H groups in total. The van der Waals surface area contributed by atoms with Crippen molar-refractivity contribution in [2.75, 3.05) is 57.3 Å². The fourth-order valence-corrected chi connectivity index (χ4v) is 3.70. The van der Waals surface area contributed by atoms with Gasteiger partial charge in [0.05, 0.1) is 5.69 Å². The average Bonchev–Trinajstić information content (AvgIpc) is 3.11. The molecule has 0 atom stereocenters. The quantitative estimate of drug-likeness (QED) is 0.271. The molecule has 2 aliphatic rings. The summed E-state index contributed by atoms with van der Waals surface area (Å²) in [5.41, 5.74) is 0.317. The molecule has 0 bridgehead atoms. The number of likely N-dealkylation sites (tertiary alicyclic amines) is 1. The Bertz CT molecular complexity index is 710. The smallest absolute Gasteiger partial charge is 0.222 e. The number of benzene rings is 1. The first-order chi connectivity index (χ1) is 13.6. The summed E-state index contributed by atoms with van der Waals surface area (Å²) in [6.45, 7) is 7.65. The summed E-state index contributed by atoms with van der Waals surface area (Å²) in [4.78, 5) is 22.3. The van der Waals surface area contributed by atoms with Gasteiger partial charge in [-0.2, -0.15) is 0 Å². The number of anilines is 1. The molecule has 0 unspecified atom stereocenters. The van der Waals surface area contributed by atoms with Crippen LogP contribution in [0.5, 0.6) is 0 Å². The third-order valence-electron chi connectivity index (χ3n) is 5.18. The van der Waals surface area contributed by atoms with Crippen molar-refractivity contribution in [3.63, 3.8) is 0 Å². The number of rotatable bonds is 6. The first-order valence-corrected chi connectivity index (χ1v) is 10.1. The largest absolute Gasteiger partial charge is 0.366 e. The minimum absolute atomic E-state index is 0. The van der Waals surface area contributed by atoms with Crippen molar-refractivity contribution in [3.05, 3.63) is 29.8 Å². The number of nitrogens with one attached hydrogen (secondary N) is 1. The second-order valence-electron chi connectivity index (χ2n) is 7.14. The average molecular weight is 521 g/mol. The number of aliphatic imine (C=N–C) groups is 1. The van der Waals surface area contributed by atoms with Gasteiger partial charge in [-0.05, 0) is 31.9 Å². The summed E-state index contributed by atoms with van der Waals surface area (Å²) in [5, 5.41) is 3.31. The first-order valence-electron chi connectivity index (χ1n) is 10.1. The van der Waals surface area contributed by atoms with Crippen LogP contribution in [0.1, 0.15) is 26.2 Å². The van der Waals surface area contributed by atoms with Gasteiger partial charge >= 0.3 is 0 Å². The molecule has 1 aromatic carbocycles. The van der Waals surface area contributed by atoms with Crippen LogP contribution in [0.15, 0.2) is 23.2 Å². The van der Waals surface area contributed by atoms with Crippen molar-refractivity contribution in [1.82, 2.24) is 15.1 Å². The van der Waals surface area contributed by atoms with Gasteiger partial charge in [-0.3, -0.25) is 9.79 Å². The molecule has 2 aliphatic heterocycles.